The van der Waals surface area contributed by atoms with Crippen LogP contribution in [0, 0.1) is 0 Å². The monoisotopic (exact) mass is 573 g/mol. The number of rotatable bonds is 25. The fraction of sp³-hybridized carbons (Fsp3) is 0.765. The van der Waals surface area contributed by atoms with Crippen LogP contribution in [0.3, 0.4) is 0 Å². The third-order valence-corrected chi connectivity index (χ3v) is 8.06. The van der Waals surface area contributed by atoms with Crippen LogP contribution in [0.5, 0.6) is 0 Å². The molecule has 7 heteroatoms. The van der Waals surface area contributed by atoms with Gasteiger partial charge in [0.05, 0.1) is 13.2 Å². The average Bonchev–Trinajstić information content (AvgIpc) is 3.01. The van der Waals surface area contributed by atoms with Crippen LogP contribution < -0.4 is 10.2 Å². The molecule has 1 N–H and O–H groups in total. The molecular formula is C34H59N3O4. The van der Waals surface area contributed by atoms with E-state index in [1.807, 2.05) is 24.3 Å². The van der Waals surface area contributed by atoms with E-state index >= 15 is 0 Å². The molecule has 1 aromatic rings. The van der Waals surface area contributed by atoms with Crippen molar-refractivity contribution in [2.45, 2.75) is 123 Å². The molecule has 0 aliphatic carbocycles. The summed E-state index contributed by atoms with van der Waals surface area (Å²) in [5.74, 6) is 0. The van der Waals surface area contributed by atoms with Gasteiger partial charge in [0.25, 0.3) is 0 Å². The highest BCUT2D eigenvalue weighted by atomic mass is 16.5. The van der Waals surface area contributed by atoms with E-state index in [1.165, 1.54) is 89.9 Å². The summed E-state index contributed by atoms with van der Waals surface area (Å²) >= 11 is 0. The van der Waals surface area contributed by atoms with Crippen molar-refractivity contribution in [3.8, 4) is 0 Å². The number of ether oxygens (including phenoxy) is 2. The summed E-state index contributed by atoms with van der Waals surface area (Å²) in [4.78, 5) is 28.2. The molecule has 234 valence electrons. The minimum Gasteiger partial charge on any atom is -0.445 e. The Kier molecular flexibility index (Phi) is 20.9. The van der Waals surface area contributed by atoms with Crippen LogP contribution in [0.1, 0.15) is 122 Å². The van der Waals surface area contributed by atoms with Crippen molar-refractivity contribution in [1.29, 1.82) is 0 Å². The Morgan fingerprint density at radius 3 is 2.00 bits per heavy atom. The lowest BCUT2D eigenvalue weighted by molar-refractivity contribution is -0.107. The van der Waals surface area contributed by atoms with Crippen LogP contribution in [0.4, 0.5) is 10.5 Å². The third-order valence-electron chi connectivity index (χ3n) is 8.06. The normalized spacial score (nSPS) is 13.7. The number of nitrogens with zero attached hydrogens (tertiary/aromatic N) is 2. The van der Waals surface area contributed by atoms with Crippen LogP contribution in [-0.2, 0) is 20.9 Å². The molecule has 7 nitrogen and oxygen atoms in total. The number of carbonyl (C=O) groups excluding carboxylic acids is 2. The number of anilines is 1. The third kappa shape index (κ3) is 17.4. The molecule has 1 heterocycles. The maximum atomic E-state index is 12.2. The predicted octanol–water partition coefficient (Wildman–Crippen LogP) is 7.86. The van der Waals surface area contributed by atoms with E-state index in [9.17, 15) is 9.59 Å². The summed E-state index contributed by atoms with van der Waals surface area (Å²) in [6, 6.07) is 7.69. The first-order valence-corrected chi connectivity index (χ1v) is 16.7. The summed E-state index contributed by atoms with van der Waals surface area (Å²) < 4.78 is 10.8. The lowest BCUT2D eigenvalue weighted by atomic mass is 10.0. The number of morpholine rings is 1. The second-order valence-electron chi connectivity index (χ2n) is 11.5. The van der Waals surface area contributed by atoms with Crippen molar-refractivity contribution >= 4 is 18.2 Å². The molecule has 0 saturated carbocycles. The van der Waals surface area contributed by atoms with E-state index in [4.69, 9.17) is 9.47 Å². The van der Waals surface area contributed by atoms with Gasteiger partial charge < -0.3 is 19.7 Å². The predicted molar refractivity (Wildman–Crippen MR) is 169 cm³/mol. The Bertz CT molecular complexity index is 785. The molecule has 1 aliphatic rings. The minimum absolute atomic E-state index is 0.148. The molecule has 0 aromatic heterocycles. The van der Waals surface area contributed by atoms with Crippen molar-refractivity contribution in [3.63, 3.8) is 0 Å². The molecule has 0 atom stereocenters. The second kappa shape index (κ2) is 24.5. The van der Waals surface area contributed by atoms with E-state index in [2.05, 4.69) is 17.1 Å². The van der Waals surface area contributed by atoms with E-state index in [0.717, 1.165) is 69.8 Å². The quantitative estimate of drug-likeness (QED) is 0.0952. The van der Waals surface area contributed by atoms with E-state index in [1.54, 1.807) is 4.90 Å². The van der Waals surface area contributed by atoms with Gasteiger partial charge in [-0.15, -0.1) is 0 Å². The SMILES string of the molecule is CCCCCCCCCCCCCCCCCCN(C=O)c1ccccc1COC(=O)NCCCN1CCOCC1. The fourth-order valence-corrected chi connectivity index (χ4v) is 5.49. The molecule has 2 rings (SSSR count). The van der Waals surface area contributed by atoms with Gasteiger partial charge in [-0.1, -0.05) is 121 Å². The number of alkyl carbamates (subject to hydrolysis) is 1. The molecule has 1 aromatic carbocycles. The summed E-state index contributed by atoms with van der Waals surface area (Å²) in [5.41, 5.74) is 1.67. The molecule has 1 aliphatic heterocycles. The van der Waals surface area contributed by atoms with Crippen LogP contribution in [0.15, 0.2) is 24.3 Å². The van der Waals surface area contributed by atoms with Gasteiger partial charge in [-0.3, -0.25) is 9.69 Å². The van der Waals surface area contributed by atoms with E-state index in [0.29, 0.717) is 13.1 Å². The van der Waals surface area contributed by atoms with Crippen LogP contribution >= 0.6 is 0 Å². The van der Waals surface area contributed by atoms with Gasteiger partial charge in [-0.05, 0) is 25.5 Å². The number of hydrogen-bond donors (Lipinski definition) is 1. The lowest BCUT2D eigenvalue weighted by Gasteiger charge is -2.26. The number of hydrogen-bond acceptors (Lipinski definition) is 5. The van der Waals surface area contributed by atoms with Gasteiger partial charge in [0.2, 0.25) is 6.41 Å². The molecule has 1 fully saturated rings. The van der Waals surface area contributed by atoms with Crippen molar-refractivity contribution in [1.82, 2.24) is 10.2 Å². The molecule has 0 unspecified atom stereocenters. The molecule has 2 amide bonds. The first kappa shape index (κ1) is 35.1. The number of carbonyl (C=O) groups is 2. The maximum Gasteiger partial charge on any atom is 0.407 e. The van der Waals surface area contributed by atoms with Crippen LogP contribution in [0.2, 0.25) is 0 Å². The van der Waals surface area contributed by atoms with Crippen molar-refractivity contribution < 1.29 is 19.1 Å². The van der Waals surface area contributed by atoms with Gasteiger partial charge in [-0.25, -0.2) is 4.79 Å². The molecule has 41 heavy (non-hydrogen) atoms. The molecule has 0 spiro atoms. The van der Waals surface area contributed by atoms with Gasteiger partial charge >= 0.3 is 6.09 Å². The Hall–Kier alpha value is -2.12. The average molecular weight is 574 g/mol. The zero-order chi connectivity index (χ0) is 29.2. The van der Waals surface area contributed by atoms with Crippen molar-refractivity contribution in [2.24, 2.45) is 0 Å². The topological polar surface area (TPSA) is 71.1 Å². The highest BCUT2D eigenvalue weighted by Gasteiger charge is 2.13. The Labute approximate surface area is 250 Å². The fourth-order valence-electron chi connectivity index (χ4n) is 5.49. The lowest BCUT2D eigenvalue weighted by Crippen LogP contribution is -2.38. The molecular weight excluding hydrogens is 514 g/mol. The van der Waals surface area contributed by atoms with Gasteiger partial charge in [-0.2, -0.15) is 0 Å². The number of nitrogens with one attached hydrogen (secondary N) is 1. The largest absolute Gasteiger partial charge is 0.445 e. The molecule has 0 bridgehead atoms. The summed E-state index contributed by atoms with van der Waals surface area (Å²) in [6.45, 7) is 8.11. The zero-order valence-corrected chi connectivity index (χ0v) is 26.1. The zero-order valence-electron chi connectivity index (χ0n) is 26.1. The Morgan fingerprint density at radius 2 is 1.41 bits per heavy atom. The van der Waals surface area contributed by atoms with Crippen molar-refractivity contribution in [2.75, 3.05) is 50.8 Å². The number of unbranched alkanes of at least 4 members (excludes halogenated alkanes) is 15. The van der Waals surface area contributed by atoms with Gasteiger partial charge in [0.1, 0.15) is 6.61 Å². The van der Waals surface area contributed by atoms with Crippen LogP contribution in [-0.4, -0.2) is 63.3 Å². The van der Waals surface area contributed by atoms with Crippen LogP contribution in [0.25, 0.3) is 0 Å². The van der Waals surface area contributed by atoms with E-state index in [-0.39, 0.29) is 6.61 Å². The smallest absolute Gasteiger partial charge is 0.407 e. The number of amides is 2. The summed E-state index contributed by atoms with van der Waals surface area (Å²) in [5, 5.41) is 2.84. The molecule has 1 saturated heterocycles. The van der Waals surface area contributed by atoms with Gasteiger partial charge in [0, 0.05) is 37.4 Å². The number of para-hydroxylation sites is 1. The molecule has 0 radical (unpaired) electrons. The summed E-state index contributed by atoms with van der Waals surface area (Å²) in [7, 11) is 0. The van der Waals surface area contributed by atoms with Crippen molar-refractivity contribution in [3.05, 3.63) is 29.8 Å². The first-order chi connectivity index (χ1) is 20.2. The second-order valence-corrected chi connectivity index (χ2v) is 11.5. The summed E-state index contributed by atoms with van der Waals surface area (Å²) in [6.07, 6.45) is 22.7. The Morgan fingerprint density at radius 1 is 0.854 bits per heavy atom. The first-order valence-electron chi connectivity index (χ1n) is 16.7. The standard InChI is InChI=1S/C34H59N3O4/c1-2-3-4-5-6-7-8-9-10-11-12-13-14-15-16-19-25-37(31-38)33-22-18-17-21-32(33)30-41-34(39)35-23-20-24-36-26-28-40-29-27-36/h17-18,21-22,31H,2-16,19-20,23-30H2,1H3,(H,35,39). The highest BCUT2D eigenvalue weighted by Crippen LogP contribution is 2.21. The maximum absolute atomic E-state index is 12.2. The van der Waals surface area contributed by atoms with Gasteiger partial charge in [0.15, 0.2) is 0 Å². The highest BCUT2D eigenvalue weighted by molar-refractivity contribution is 5.77. The minimum atomic E-state index is -0.419. The van der Waals surface area contributed by atoms with E-state index < -0.39 is 6.09 Å². The number of benzene rings is 1. The Balaban J connectivity index is 1.51.